The van der Waals surface area contributed by atoms with E-state index in [9.17, 15) is 17.6 Å². The zero-order chi connectivity index (χ0) is 21.0. The molecule has 1 heterocycles. The van der Waals surface area contributed by atoms with E-state index in [1.807, 2.05) is 0 Å². The number of hydrogen-bond acceptors (Lipinski definition) is 4. The number of ether oxygens (including phenoxy) is 1. The van der Waals surface area contributed by atoms with Gasteiger partial charge in [-0.3, -0.25) is 4.79 Å². The third-order valence-corrected chi connectivity index (χ3v) is 6.96. The first-order valence-corrected chi connectivity index (χ1v) is 11.0. The van der Waals surface area contributed by atoms with Crippen LogP contribution in [0.2, 0.25) is 5.02 Å². The van der Waals surface area contributed by atoms with Crippen molar-refractivity contribution in [3.63, 3.8) is 0 Å². The van der Waals surface area contributed by atoms with Crippen LogP contribution in [-0.2, 0) is 21.2 Å². The second-order valence-corrected chi connectivity index (χ2v) is 9.11. The summed E-state index contributed by atoms with van der Waals surface area (Å²) in [5.74, 6) is -0.351. The largest absolute Gasteiger partial charge is 0.496 e. The molecule has 0 atom stereocenters. The highest BCUT2D eigenvalue weighted by Crippen LogP contribution is 2.27. The number of anilines is 1. The number of carbonyl (C=O) groups is 1. The highest BCUT2D eigenvalue weighted by atomic mass is 35.5. The molecule has 1 aliphatic heterocycles. The summed E-state index contributed by atoms with van der Waals surface area (Å²) < 4.78 is 45.6. The van der Waals surface area contributed by atoms with Crippen LogP contribution < -0.4 is 10.1 Å². The monoisotopic (exact) mass is 440 g/mol. The van der Waals surface area contributed by atoms with Gasteiger partial charge in [0.25, 0.3) is 0 Å². The maximum Gasteiger partial charge on any atom is 0.243 e. The second-order valence-electron chi connectivity index (χ2n) is 6.76. The minimum absolute atomic E-state index is 0.0794. The van der Waals surface area contributed by atoms with Crippen molar-refractivity contribution in [3.05, 3.63) is 52.8 Å². The number of nitrogens with zero attached hydrogens (tertiary/aromatic N) is 1. The predicted molar refractivity (Wildman–Crippen MR) is 109 cm³/mol. The molecule has 0 unspecified atom stereocenters. The van der Waals surface area contributed by atoms with Crippen molar-refractivity contribution in [2.45, 2.75) is 30.6 Å². The average Bonchev–Trinajstić information content (AvgIpc) is 3.24. The highest BCUT2D eigenvalue weighted by Gasteiger charge is 2.27. The standard InChI is InChI=1S/C20H22ClFN2O4S/c1-28-19-8-6-16(29(26,27)24-10-2-3-11-24)12-14(19)4-9-20(25)23-15-5-7-18(22)17(21)13-15/h5-8,12-13H,2-4,9-11H2,1H3,(H,23,25). The molecule has 29 heavy (non-hydrogen) atoms. The van der Waals surface area contributed by atoms with E-state index in [2.05, 4.69) is 5.32 Å². The van der Waals surface area contributed by atoms with Gasteiger partial charge in [-0.1, -0.05) is 11.6 Å². The van der Waals surface area contributed by atoms with Gasteiger partial charge in [-0.2, -0.15) is 4.31 Å². The molecule has 2 aromatic rings. The molecule has 0 aliphatic carbocycles. The quantitative estimate of drug-likeness (QED) is 0.709. The van der Waals surface area contributed by atoms with E-state index in [4.69, 9.17) is 16.3 Å². The first kappa shape index (κ1) is 21.5. The van der Waals surface area contributed by atoms with Crippen molar-refractivity contribution in [1.82, 2.24) is 4.31 Å². The van der Waals surface area contributed by atoms with Crippen LogP contribution in [-0.4, -0.2) is 38.8 Å². The molecule has 156 valence electrons. The Bertz CT molecular complexity index is 1010. The van der Waals surface area contributed by atoms with Crippen LogP contribution in [0, 0.1) is 5.82 Å². The summed E-state index contributed by atoms with van der Waals surface area (Å²) in [6.45, 7) is 1.04. The lowest BCUT2D eigenvalue weighted by Gasteiger charge is -2.17. The lowest BCUT2D eigenvalue weighted by Crippen LogP contribution is -2.28. The van der Waals surface area contributed by atoms with Crippen LogP contribution in [0.1, 0.15) is 24.8 Å². The first-order chi connectivity index (χ1) is 13.8. The number of aryl methyl sites for hydroxylation is 1. The number of hydrogen-bond donors (Lipinski definition) is 1. The lowest BCUT2D eigenvalue weighted by molar-refractivity contribution is -0.116. The summed E-state index contributed by atoms with van der Waals surface area (Å²) in [7, 11) is -2.06. The van der Waals surface area contributed by atoms with Crippen molar-refractivity contribution in [3.8, 4) is 5.75 Å². The average molecular weight is 441 g/mol. The van der Waals surface area contributed by atoms with Crippen molar-refractivity contribution in [2.24, 2.45) is 0 Å². The van der Waals surface area contributed by atoms with Crippen LogP contribution in [0.4, 0.5) is 10.1 Å². The van der Waals surface area contributed by atoms with Crippen molar-refractivity contribution < 1.29 is 22.3 Å². The number of methoxy groups -OCH3 is 1. The van der Waals surface area contributed by atoms with Gasteiger partial charge in [-0.15, -0.1) is 0 Å². The van der Waals surface area contributed by atoms with Gasteiger partial charge in [-0.05, 0) is 61.2 Å². The molecule has 3 rings (SSSR count). The molecule has 0 aromatic heterocycles. The van der Waals surface area contributed by atoms with Crippen LogP contribution in [0.5, 0.6) is 5.75 Å². The lowest BCUT2D eigenvalue weighted by atomic mass is 10.1. The van der Waals surface area contributed by atoms with E-state index in [1.54, 1.807) is 12.1 Å². The normalized spacial score (nSPS) is 14.7. The molecule has 1 amide bonds. The molecule has 0 radical (unpaired) electrons. The minimum Gasteiger partial charge on any atom is -0.496 e. The Morgan fingerprint density at radius 1 is 1.21 bits per heavy atom. The van der Waals surface area contributed by atoms with Crippen LogP contribution >= 0.6 is 11.6 Å². The second kappa shape index (κ2) is 9.11. The zero-order valence-corrected chi connectivity index (χ0v) is 17.5. The van der Waals surface area contributed by atoms with Gasteiger partial charge in [0.2, 0.25) is 15.9 Å². The fourth-order valence-corrected chi connectivity index (χ4v) is 4.98. The van der Waals surface area contributed by atoms with Crippen molar-refractivity contribution >= 4 is 33.2 Å². The molecular formula is C20H22ClFN2O4S. The SMILES string of the molecule is COc1ccc(S(=O)(=O)N2CCCC2)cc1CCC(=O)Nc1ccc(F)c(Cl)c1. The van der Waals surface area contributed by atoms with Crippen LogP contribution in [0.25, 0.3) is 0 Å². The molecule has 1 aliphatic rings. The Labute approximate surface area is 174 Å². The number of rotatable bonds is 7. The molecule has 2 aromatic carbocycles. The van der Waals surface area contributed by atoms with Crippen LogP contribution in [0.15, 0.2) is 41.3 Å². The maximum absolute atomic E-state index is 13.2. The minimum atomic E-state index is -3.56. The Morgan fingerprint density at radius 3 is 2.59 bits per heavy atom. The highest BCUT2D eigenvalue weighted by molar-refractivity contribution is 7.89. The number of halogens is 2. The fraction of sp³-hybridized carbons (Fsp3) is 0.350. The number of sulfonamides is 1. The van der Waals surface area contributed by atoms with Crippen molar-refractivity contribution in [2.75, 3.05) is 25.5 Å². The summed E-state index contributed by atoms with van der Waals surface area (Å²) >= 11 is 5.72. The van der Waals surface area contributed by atoms with E-state index in [0.717, 1.165) is 12.8 Å². The zero-order valence-electron chi connectivity index (χ0n) is 16.0. The van der Waals surface area contributed by atoms with Gasteiger partial charge in [0.15, 0.2) is 0 Å². The molecule has 0 saturated carbocycles. The molecule has 0 bridgehead atoms. The molecule has 0 spiro atoms. The summed E-state index contributed by atoms with van der Waals surface area (Å²) in [5, 5.41) is 2.57. The molecule has 1 fully saturated rings. The van der Waals surface area contributed by atoms with Gasteiger partial charge < -0.3 is 10.1 Å². The molecule has 9 heteroatoms. The summed E-state index contributed by atoms with van der Waals surface area (Å²) in [6, 6.07) is 8.62. The van der Waals surface area contributed by atoms with Gasteiger partial charge >= 0.3 is 0 Å². The Hall–Kier alpha value is -2.16. The molecule has 6 nitrogen and oxygen atoms in total. The molecule has 1 saturated heterocycles. The van der Waals surface area contributed by atoms with E-state index in [1.165, 1.54) is 35.7 Å². The summed E-state index contributed by atoms with van der Waals surface area (Å²) in [5.41, 5.74) is 1.01. The van der Waals surface area contributed by atoms with Gasteiger partial charge in [0.05, 0.1) is 17.0 Å². The third kappa shape index (κ3) is 5.07. The van der Waals surface area contributed by atoms with Gasteiger partial charge in [-0.25, -0.2) is 12.8 Å². The van der Waals surface area contributed by atoms with E-state index in [-0.39, 0.29) is 28.7 Å². The van der Waals surface area contributed by atoms with E-state index >= 15 is 0 Å². The summed E-state index contributed by atoms with van der Waals surface area (Å²) in [4.78, 5) is 12.5. The predicted octanol–water partition coefficient (Wildman–Crippen LogP) is 3.84. The topological polar surface area (TPSA) is 75.7 Å². The summed E-state index contributed by atoms with van der Waals surface area (Å²) in [6.07, 6.45) is 2.09. The number of benzene rings is 2. The van der Waals surface area contributed by atoms with E-state index < -0.39 is 15.8 Å². The number of nitrogens with one attached hydrogen (secondary N) is 1. The fourth-order valence-electron chi connectivity index (χ4n) is 3.23. The smallest absolute Gasteiger partial charge is 0.243 e. The number of carbonyl (C=O) groups excluding carboxylic acids is 1. The first-order valence-electron chi connectivity index (χ1n) is 9.23. The van der Waals surface area contributed by atoms with E-state index in [0.29, 0.717) is 30.1 Å². The Morgan fingerprint density at radius 2 is 1.93 bits per heavy atom. The maximum atomic E-state index is 13.2. The number of amides is 1. The van der Waals surface area contributed by atoms with Gasteiger partial charge in [0.1, 0.15) is 11.6 Å². The Balaban J connectivity index is 1.72. The van der Waals surface area contributed by atoms with Crippen molar-refractivity contribution in [1.29, 1.82) is 0 Å². The third-order valence-electron chi connectivity index (χ3n) is 4.78. The Kier molecular flexibility index (Phi) is 6.77. The molecule has 1 N–H and O–H groups in total. The molecular weight excluding hydrogens is 419 g/mol. The van der Waals surface area contributed by atoms with Crippen LogP contribution in [0.3, 0.4) is 0 Å². The van der Waals surface area contributed by atoms with Gasteiger partial charge in [0, 0.05) is 25.2 Å².